The highest BCUT2D eigenvalue weighted by Crippen LogP contribution is 2.13. The molecule has 0 saturated heterocycles. The van der Waals surface area contributed by atoms with Gasteiger partial charge in [0.1, 0.15) is 11.0 Å². The van der Waals surface area contributed by atoms with E-state index in [1.165, 1.54) is 12.1 Å². The molecule has 0 radical (unpaired) electrons. The van der Waals surface area contributed by atoms with Gasteiger partial charge >= 0.3 is 0 Å². The molecule has 0 bridgehead atoms. The molecule has 0 aliphatic heterocycles. The van der Waals surface area contributed by atoms with E-state index in [1.807, 2.05) is 0 Å². The third kappa shape index (κ3) is 5.83. The minimum Gasteiger partial charge on any atom is -0.351 e. The molecule has 0 aliphatic rings. The van der Waals surface area contributed by atoms with Crippen molar-refractivity contribution >= 4 is 33.3 Å². The Morgan fingerprint density at radius 1 is 1.42 bits per heavy atom. The van der Waals surface area contributed by atoms with Gasteiger partial charge in [0.15, 0.2) is 0 Å². The summed E-state index contributed by atoms with van der Waals surface area (Å²) in [5.74, 6) is 5.03. The van der Waals surface area contributed by atoms with Crippen LogP contribution in [0.15, 0.2) is 12.1 Å². The van der Waals surface area contributed by atoms with Crippen LogP contribution in [0.3, 0.4) is 0 Å². The zero-order valence-corrected chi connectivity index (χ0v) is 11.7. The van der Waals surface area contributed by atoms with E-state index in [2.05, 4.69) is 20.4 Å². The summed E-state index contributed by atoms with van der Waals surface area (Å²) in [6, 6.07) is 2.80. The fraction of sp³-hybridized carbons (Fsp3) is 0.333. The van der Waals surface area contributed by atoms with Crippen molar-refractivity contribution in [2.75, 3.05) is 24.8 Å². The van der Waals surface area contributed by atoms with E-state index >= 15 is 0 Å². The van der Waals surface area contributed by atoms with Gasteiger partial charge in [-0.1, -0.05) is 11.6 Å². The van der Waals surface area contributed by atoms with Gasteiger partial charge in [0, 0.05) is 18.7 Å². The van der Waals surface area contributed by atoms with Gasteiger partial charge in [-0.15, -0.1) is 0 Å². The summed E-state index contributed by atoms with van der Waals surface area (Å²) in [5.41, 5.74) is 2.55. The Morgan fingerprint density at radius 2 is 2.11 bits per heavy atom. The van der Waals surface area contributed by atoms with Gasteiger partial charge in [-0.2, -0.15) is 0 Å². The molecule has 1 rings (SSSR count). The predicted octanol–water partition coefficient (Wildman–Crippen LogP) is -0.700. The Kier molecular flexibility index (Phi) is 5.48. The number of nitrogens with zero attached hydrogens (tertiary/aromatic N) is 1. The minimum absolute atomic E-state index is 0.103. The number of anilines is 1. The zero-order chi connectivity index (χ0) is 14.5. The third-order valence-corrected chi connectivity index (χ3v) is 2.90. The molecule has 5 N–H and O–H groups in total. The number of halogens is 1. The van der Waals surface area contributed by atoms with Crippen molar-refractivity contribution in [2.45, 2.75) is 0 Å². The molecule has 0 spiro atoms. The molecule has 0 fully saturated rings. The maximum atomic E-state index is 11.7. The summed E-state index contributed by atoms with van der Waals surface area (Å²) < 4.78 is 23.9. The maximum Gasteiger partial charge on any atom is 0.251 e. The van der Waals surface area contributed by atoms with Crippen LogP contribution in [-0.2, 0) is 10.0 Å². The number of carbonyl (C=O) groups is 1. The first-order valence-electron chi connectivity index (χ1n) is 5.19. The average Bonchev–Trinajstić information content (AvgIpc) is 2.32. The van der Waals surface area contributed by atoms with Crippen LogP contribution >= 0.6 is 11.6 Å². The quantitative estimate of drug-likeness (QED) is 0.238. The Morgan fingerprint density at radius 3 is 2.68 bits per heavy atom. The molecule has 0 atom stereocenters. The molecule has 0 unspecified atom stereocenters. The molecule has 0 aromatic carbocycles. The lowest BCUT2D eigenvalue weighted by molar-refractivity contribution is 0.0954. The normalized spacial score (nSPS) is 11.1. The lowest BCUT2D eigenvalue weighted by atomic mass is 10.2. The van der Waals surface area contributed by atoms with Crippen LogP contribution in [0, 0.1) is 0 Å². The smallest absolute Gasteiger partial charge is 0.251 e. The first kappa shape index (κ1) is 15.6. The van der Waals surface area contributed by atoms with Gasteiger partial charge < -0.3 is 10.7 Å². The number of nitrogens with one attached hydrogen (secondary N) is 3. The third-order valence-electron chi connectivity index (χ3n) is 1.98. The van der Waals surface area contributed by atoms with Gasteiger partial charge in [-0.3, -0.25) is 4.79 Å². The number of sulfonamides is 1. The van der Waals surface area contributed by atoms with Crippen LogP contribution < -0.4 is 21.3 Å². The first-order chi connectivity index (χ1) is 8.81. The maximum absolute atomic E-state index is 11.7. The molecule has 1 heterocycles. The largest absolute Gasteiger partial charge is 0.351 e. The van der Waals surface area contributed by atoms with Crippen molar-refractivity contribution < 1.29 is 13.2 Å². The van der Waals surface area contributed by atoms with Crippen LogP contribution in [0.1, 0.15) is 10.4 Å². The predicted molar refractivity (Wildman–Crippen MR) is 72.2 cm³/mol. The van der Waals surface area contributed by atoms with E-state index in [0.717, 1.165) is 6.26 Å². The monoisotopic (exact) mass is 307 g/mol. The van der Waals surface area contributed by atoms with Crippen molar-refractivity contribution in [2.24, 2.45) is 5.84 Å². The fourth-order valence-electron chi connectivity index (χ4n) is 1.22. The number of nitrogens with two attached hydrogens (primary N) is 1. The summed E-state index contributed by atoms with van der Waals surface area (Å²) in [4.78, 5) is 15.6. The SMILES string of the molecule is CS(=O)(=O)NCCNC(=O)c1cc(Cl)nc(NN)c1. The molecule has 10 heteroatoms. The lowest BCUT2D eigenvalue weighted by Crippen LogP contribution is -2.34. The average molecular weight is 308 g/mol. The van der Waals surface area contributed by atoms with E-state index in [9.17, 15) is 13.2 Å². The Labute approximate surface area is 115 Å². The van der Waals surface area contributed by atoms with Crippen molar-refractivity contribution in [3.05, 3.63) is 22.8 Å². The van der Waals surface area contributed by atoms with Gasteiger partial charge in [-0.25, -0.2) is 24.0 Å². The molecule has 19 heavy (non-hydrogen) atoms. The highest BCUT2D eigenvalue weighted by atomic mass is 35.5. The lowest BCUT2D eigenvalue weighted by Gasteiger charge is -2.07. The number of pyridine rings is 1. The topological polar surface area (TPSA) is 126 Å². The van der Waals surface area contributed by atoms with Crippen LogP contribution in [0.25, 0.3) is 0 Å². The van der Waals surface area contributed by atoms with Crippen molar-refractivity contribution in [1.82, 2.24) is 15.0 Å². The summed E-state index contributed by atoms with van der Waals surface area (Å²) in [5, 5.41) is 2.65. The van der Waals surface area contributed by atoms with E-state index < -0.39 is 15.9 Å². The van der Waals surface area contributed by atoms with E-state index in [1.54, 1.807) is 0 Å². The molecule has 0 saturated carbocycles. The molecule has 1 aromatic rings. The van der Waals surface area contributed by atoms with Crippen molar-refractivity contribution in [1.29, 1.82) is 0 Å². The van der Waals surface area contributed by atoms with Crippen molar-refractivity contribution in [3.63, 3.8) is 0 Å². The second-order valence-electron chi connectivity index (χ2n) is 3.63. The highest BCUT2D eigenvalue weighted by molar-refractivity contribution is 7.88. The van der Waals surface area contributed by atoms with E-state index in [4.69, 9.17) is 17.4 Å². The number of nitrogen functional groups attached to an aromatic ring is 1. The molecule has 1 amide bonds. The molecule has 0 aliphatic carbocycles. The number of amides is 1. The van der Waals surface area contributed by atoms with E-state index in [-0.39, 0.29) is 29.6 Å². The standard InChI is InChI=1S/C9H14ClN5O3S/c1-19(17,18)13-3-2-12-9(16)6-4-7(10)14-8(5-6)15-11/h4-5,13H,2-3,11H2,1H3,(H,12,16)(H,14,15). The number of hydrogen-bond acceptors (Lipinski definition) is 6. The summed E-state index contributed by atoms with van der Waals surface area (Å²) in [6.45, 7) is 0.253. The summed E-state index contributed by atoms with van der Waals surface area (Å²) in [7, 11) is -3.26. The molecular formula is C9H14ClN5O3S. The number of hydrazine groups is 1. The Bertz CT molecular complexity index is 563. The number of rotatable bonds is 6. The number of hydrogen-bond donors (Lipinski definition) is 4. The van der Waals surface area contributed by atoms with Crippen LogP contribution in [0.2, 0.25) is 5.15 Å². The molecular weight excluding hydrogens is 294 g/mol. The fourth-order valence-corrected chi connectivity index (χ4v) is 1.90. The summed E-state index contributed by atoms with van der Waals surface area (Å²) in [6.07, 6.45) is 1.04. The second kappa shape index (κ2) is 6.66. The molecule has 106 valence electrons. The van der Waals surface area contributed by atoms with Crippen LogP contribution in [0.4, 0.5) is 5.82 Å². The first-order valence-corrected chi connectivity index (χ1v) is 7.46. The van der Waals surface area contributed by atoms with Crippen LogP contribution in [0.5, 0.6) is 0 Å². The van der Waals surface area contributed by atoms with Crippen LogP contribution in [-0.4, -0.2) is 38.7 Å². The molecule has 8 nitrogen and oxygen atoms in total. The molecule has 1 aromatic heterocycles. The second-order valence-corrected chi connectivity index (χ2v) is 5.85. The van der Waals surface area contributed by atoms with Crippen molar-refractivity contribution in [3.8, 4) is 0 Å². The van der Waals surface area contributed by atoms with Gasteiger partial charge in [-0.05, 0) is 12.1 Å². The Hall–Kier alpha value is -1.42. The minimum atomic E-state index is -3.26. The zero-order valence-electron chi connectivity index (χ0n) is 10.1. The van der Waals surface area contributed by atoms with Gasteiger partial charge in [0.25, 0.3) is 5.91 Å². The Balaban J connectivity index is 2.56. The van der Waals surface area contributed by atoms with E-state index in [0.29, 0.717) is 0 Å². The number of aromatic nitrogens is 1. The summed E-state index contributed by atoms with van der Waals surface area (Å²) >= 11 is 5.72. The number of carbonyl (C=O) groups excluding carboxylic acids is 1. The van der Waals surface area contributed by atoms with Gasteiger partial charge in [0.2, 0.25) is 10.0 Å². The highest BCUT2D eigenvalue weighted by Gasteiger charge is 2.09. The van der Waals surface area contributed by atoms with Gasteiger partial charge in [0.05, 0.1) is 6.26 Å².